The Morgan fingerprint density at radius 1 is 1.23 bits per heavy atom. The number of methoxy groups -OCH3 is 1. The molecule has 1 aromatic rings. The van der Waals surface area contributed by atoms with Gasteiger partial charge in [-0.15, -0.1) is 0 Å². The molecule has 2 aliphatic heterocycles. The summed E-state index contributed by atoms with van der Waals surface area (Å²) in [6.45, 7) is 3.93. The Balaban J connectivity index is 1.60. The quantitative estimate of drug-likeness (QED) is 0.810. The predicted molar refractivity (Wildman–Crippen MR) is 103 cm³/mol. The maximum absolute atomic E-state index is 13.0. The second-order valence-electron chi connectivity index (χ2n) is 7.73. The normalized spacial score (nSPS) is 28.7. The number of hydrazine groups is 1. The molecule has 26 heavy (non-hydrogen) atoms. The minimum Gasteiger partial charge on any atom is -0.497 e. The Morgan fingerprint density at radius 3 is 2.58 bits per heavy atom. The first-order valence-corrected chi connectivity index (χ1v) is 9.63. The zero-order valence-electron chi connectivity index (χ0n) is 16.4. The molecule has 6 heteroatoms. The van der Waals surface area contributed by atoms with Crippen molar-refractivity contribution in [3.63, 3.8) is 0 Å². The Kier molecular flexibility index (Phi) is 6.16. The van der Waals surface area contributed by atoms with Crippen molar-refractivity contribution < 1.29 is 9.53 Å². The standard InChI is InChI=1S/C20H32N4O2/c1-5-6-15-12-24(13-19(15)23(2)3)20(25)18-11-17(21-22-18)14-7-9-16(26-4)10-8-14/h7-10,15,17-19,21-22H,5-6,11-13H2,1-4H3/t15-,17?,18?,19-/m1/s1. The Hall–Kier alpha value is -1.63. The number of likely N-dealkylation sites (tertiary alicyclic amines) is 1. The highest BCUT2D eigenvalue weighted by atomic mass is 16.5. The van der Waals surface area contributed by atoms with Gasteiger partial charge >= 0.3 is 0 Å². The first-order valence-electron chi connectivity index (χ1n) is 9.63. The van der Waals surface area contributed by atoms with E-state index in [-0.39, 0.29) is 18.0 Å². The summed E-state index contributed by atoms with van der Waals surface area (Å²) in [6, 6.07) is 8.48. The SMILES string of the molecule is CCC[C@@H]1CN(C(=O)C2CC(c3ccc(OC)cc3)NN2)C[C@H]1N(C)C. The molecule has 0 saturated carbocycles. The second-order valence-corrected chi connectivity index (χ2v) is 7.73. The van der Waals surface area contributed by atoms with Crippen molar-refractivity contribution in [3.8, 4) is 5.75 Å². The predicted octanol–water partition coefficient (Wildman–Crippen LogP) is 1.79. The fraction of sp³-hybridized carbons (Fsp3) is 0.650. The van der Waals surface area contributed by atoms with Crippen LogP contribution in [0.5, 0.6) is 5.75 Å². The third kappa shape index (κ3) is 4.03. The molecule has 1 aromatic carbocycles. The number of hydrogen-bond acceptors (Lipinski definition) is 5. The minimum atomic E-state index is -0.162. The average molecular weight is 361 g/mol. The van der Waals surface area contributed by atoms with E-state index in [0.717, 1.165) is 25.3 Å². The number of ether oxygens (including phenoxy) is 1. The fourth-order valence-corrected chi connectivity index (χ4v) is 4.27. The van der Waals surface area contributed by atoms with Crippen LogP contribution in [0.25, 0.3) is 0 Å². The van der Waals surface area contributed by atoms with E-state index in [0.29, 0.717) is 12.0 Å². The average Bonchev–Trinajstić information content (AvgIpc) is 3.29. The molecule has 0 aromatic heterocycles. The molecule has 1 amide bonds. The number of rotatable bonds is 6. The lowest BCUT2D eigenvalue weighted by molar-refractivity contribution is -0.132. The van der Waals surface area contributed by atoms with Crippen LogP contribution in [-0.4, -0.2) is 62.1 Å². The van der Waals surface area contributed by atoms with Crippen LogP contribution in [0.15, 0.2) is 24.3 Å². The smallest absolute Gasteiger partial charge is 0.241 e. The van der Waals surface area contributed by atoms with E-state index in [9.17, 15) is 4.79 Å². The maximum Gasteiger partial charge on any atom is 0.241 e. The first kappa shape index (κ1) is 19.1. The van der Waals surface area contributed by atoms with Crippen molar-refractivity contribution in [2.75, 3.05) is 34.3 Å². The molecule has 6 nitrogen and oxygen atoms in total. The van der Waals surface area contributed by atoms with E-state index in [1.54, 1.807) is 7.11 Å². The summed E-state index contributed by atoms with van der Waals surface area (Å²) >= 11 is 0. The van der Waals surface area contributed by atoms with Crippen LogP contribution in [0.4, 0.5) is 0 Å². The number of hydrogen-bond donors (Lipinski definition) is 2. The lowest BCUT2D eigenvalue weighted by Crippen LogP contribution is -2.45. The highest BCUT2D eigenvalue weighted by molar-refractivity contribution is 5.82. The molecule has 2 N–H and O–H groups in total. The van der Waals surface area contributed by atoms with Crippen LogP contribution in [0.2, 0.25) is 0 Å². The molecule has 0 aliphatic carbocycles. The molecule has 144 valence electrons. The van der Waals surface area contributed by atoms with Gasteiger partial charge < -0.3 is 14.5 Å². The van der Waals surface area contributed by atoms with Crippen molar-refractivity contribution in [1.29, 1.82) is 0 Å². The maximum atomic E-state index is 13.0. The van der Waals surface area contributed by atoms with Gasteiger partial charge in [0.1, 0.15) is 11.8 Å². The highest BCUT2D eigenvalue weighted by Gasteiger charge is 2.40. The summed E-state index contributed by atoms with van der Waals surface area (Å²) in [5.74, 6) is 1.64. The van der Waals surface area contributed by atoms with E-state index in [1.165, 1.54) is 18.4 Å². The van der Waals surface area contributed by atoms with Crippen molar-refractivity contribution in [2.24, 2.45) is 5.92 Å². The van der Waals surface area contributed by atoms with Gasteiger partial charge in [0.25, 0.3) is 0 Å². The molecule has 3 rings (SSSR count). The van der Waals surface area contributed by atoms with Crippen LogP contribution >= 0.6 is 0 Å². The molecule has 2 aliphatic rings. The second kappa shape index (κ2) is 8.37. The molecule has 0 radical (unpaired) electrons. The monoisotopic (exact) mass is 360 g/mol. The zero-order chi connectivity index (χ0) is 18.7. The molecular weight excluding hydrogens is 328 g/mol. The van der Waals surface area contributed by atoms with E-state index >= 15 is 0 Å². The number of nitrogens with zero attached hydrogens (tertiary/aromatic N) is 2. The van der Waals surface area contributed by atoms with Gasteiger partial charge in [-0.3, -0.25) is 4.79 Å². The Bertz CT molecular complexity index is 604. The van der Waals surface area contributed by atoms with Gasteiger partial charge in [-0.05, 0) is 50.6 Å². The summed E-state index contributed by atoms with van der Waals surface area (Å²) in [5, 5.41) is 0. The molecular formula is C20H32N4O2. The summed E-state index contributed by atoms with van der Waals surface area (Å²) in [7, 11) is 5.91. The summed E-state index contributed by atoms with van der Waals surface area (Å²) in [4.78, 5) is 17.4. The van der Waals surface area contributed by atoms with E-state index in [2.05, 4.69) is 53.8 Å². The van der Waals surface area contributed by atoms with E-state index in [1.807, 2.05) is 12.1 Å². The molecule has 2 fully saturated rings. The van der Waals surface area contributed by atoms with Crippen LogP contribution in [0, 0.1) is 5.92 Å². The summed E-state index contributed by atoms with van der Waals surface area (Å²) < 4.78 is 5.22. The van der Waals surface area contributed by atoms with E-state index in [4.69, 9.17) is 4.74 Å². The molecule has 2 saturated heterocycles. The van der Waals surface area contributed by atoms with Crippen molar-refractivity contribution >= 4 is 5.91 Å². The van der Waals surface area contributed by atoms with Crippen LogP contribution < -0.4 is 15.6 Å². The number of likely N-dealkylation sites (N-methyl/N-ethyl adjacent to an activating group) is 1. The van der Waals surface area contributed by atoms with Gasteiger partial charge in [0.2, 0.25) is 5.91 Å². The zero-order valence-corrected chi connectivity index (χ0v) is 16.4. The molecule has 4 atom stereocenters. The molecule has 2 unspecified atom stereocenters. The summed E-state index contributed by atoms with van der Waals surface area (Å²) in [5.41, 5.74) is 7.67. The number of benzene rings is 1. The lowest BCUT2D eigenvalue weighted by Gasteiger charge is -2.24. The third-order valence-electron chi connectivity index (χ3n) is 5.76. The van der Waals surface area contributed by atoms with Gasteiger partial charge in [0.05, 0.1) is 7.11 Å². The third-order valence-corrected chi connectivity index (χ3v) is 5.76. The highest BCUT2D eigenvalue weighted by Crippen LogP contribution is 2.28. The number of carbonyl (C=O) groups excluding carboxylic acids is 1. The Morgan fingerprint density at radius 2 is 1.96 bits per heavy atom. The van der Waals surface area contributed by atoms with Gasteiger partial charge in [-0.1, -0.05) is 25.5 Å². The van der Waals surface area contributed by atoms with Gasteiger partial charge in [-0.25, -0.2) is 10.9 Å². The largest absolute Gasteiger partial charge is 0.497 e. The van der Waals surface area contributed by atoms with Gasteiger partial charge in [0, 0.05) is 25.2 Å². The van der Waals surface area contributed by atoms with Crippen LogP contribution in [0.3, 0.4) is 0 Å². The fourth-order valence-electron chi connectivity index (χ4n) is 4.27. The summed E-state index contributed by atoms with van der Waals surface area (Å²) in [6.07, 6.45) is 3.12. The van der Waals surface area contributed by atoms with Crippen LogP contribution in [-0.2, 0) is 4.79 Å². The topological polar surface area (TPSA) is 56.8 Å². The minimum absolute atomic E-state index is 0.147. The van der Waals surface area contributed by atoms with Gasteiger partial charge in [0.15, 0.2) is 0 Å². The van der Waals surface area contributed by atoms with E-state index < -0.39 is 0 Å². The Labute approximate surface area is 156 Å². The number of carbonyl (C=O) groups is 1. The lowest BCUT2D eigenvalue weighted by atomic mass is 9.98. The molecule has 0 spiro atoms. The van der Waals surface area contributed by atoms with Crippen LogP contribution in [0.1, 0.15) is 37.8 Å². The first-order chi connectivity index (χ1) is 12.5. The number of nitrogens with one attached hydrogen (secondary N) is 2. The van der Waals surface area contributed by atoms with Gasteiger partial charge in [-0.2, -0.15) is 0 Å². The molecule has 2 heterocycles. The number of amides is 1. The van der Waals surface area contributed by atoms with Crippen molar-refractivity contribution in [3.05, 3.63) is 29.8 Å². The van der Waals surface area contributed by atoms with Crippen molar-refractivity contribution in [2.45, 2.75) is 44.3 Å². The molecule has 0 bridgehead atoms. The van der Waals surface area contributed by atoms with Crippen molar-refractivity contribution in [1.82, 2.24) is 20.7 Å².